The second-order valence-corrected chi connectivity index (χ2v) is 3.26. The van der Waals surface area contributed by atoms with Crippen LogP contribution in [0, 0.1) is 0 Å². The summed E-state index contributed by atoms with van der Waals surface area (Å²) in [5.74, 6) is 0. The Morgan fingerprint density at radius 3 is 2.46 bits per heavy atom. The van der Waals surface area contributed by atoms with E-state index in [9.17, 15) is 5.11 Å². The Morgan fingerprint density at radius 2 is 1.85 bits per heavy atom. The van der Waals surface area contributed by atoms with Gasteiger partial charge in [-0.1, -0.05) is 30.3 Å². The van der Waals surface area contributed by atoms with E-state index in [0.29, 0.717) is 13.0 Å². The third kappa shape index (κ3) is 4.06. The summed E-state index contributed by atoms with van der Waals surface area (Å²) in [5.41, 5.74) is 6.61. The summed E-state index contributed by atoms with van der Waals surface area (Å²) in [4.78, 5) is 0. The van der Waals surface area contributed by atoms with Crippen molar-refractivity contribution >= 4 is 0 Å². The number of aryl methyl sites for hydroxylation is 1. The van der Waals surface area contributed by atoms with Crippen LogP contribution in [0.1, 0.15) is 18.4 Å². The molecule has 0 aliphatic heterocycles. The summed E-state index contributed by atoms with van der Waals surface area (Å²) in [6.07, 6.45) is 2.20. The van der Waals surface area contributed by atoms with E-state index in [1.165, 1.54) is 5.56 Å². The van der Waals surface area contributed by atoms with E-state index >= 15 is 0 Å². The SMILES string of the molecule is NCC[C@H](O)CCc1ccccc1. The molecule has 2 heteroatoms. The van der Waals surface area contributed by atoms with Crippen molar-refractivity contribution in [2.45, 2.75) is 25.4 Å². The Bertz CT molecular complexity index is 223. The van der Waals surface area contributed by atoms with E-state index in [2.05, 4.69) is 12.1 Å². The maximum atomic E-state index is 9.43. The van der Waals surface area contributed by atoms with Gasteiger partial charge in [0.1, 0.15) is 0 Å². The lowest BCUT2D eigenvalue weighted by atomic mass is 10.1. The second kappa shape index (κ2) is 5.73. The van der Waals surface area contributed by atoms with Crippen LogP contribution in [0.2, 0.25) is 0 Å². The Morgan fingerprint density at radius 1 is 1.15 bits per heavy atom. The van der Waals surface area contributed by atoms with Gasteiger partial charge in [0.15, 0.2) is 0 Å². The number of hydrogen-bond donors (Lipinski definition) is 2. The monoisotopic (exact) mass is 179 g/mol. The highest BCUT2D eigenvalue weighted by molar-refractivity contribution is 5.14. The molecular weight excluding hydrogens is 162 g/mol. The molecule has 0 heterocycles. The molecular formula is C11H17NO. The molecule has 0 bridgehead atoms. The van der Waals surface area contributed by atoms with Crippen LogP contribution in [0.15, 0.2) is 30.3 Å². The summed E-state index contributed by atoms with van der Waals surface area (Å²) in [7, 11) is 0. The second-order valence-electron chi connectivity index (χ2n) is 3.26. The Kier molecular flexibility index (Phi) is 4.50. The first-order valence-corrected chi connectivity index (χ1v) is 4.75. The van der Waals surface area contributed by atoms with Crippen LogP contribution in [-0.4, -0.2) is 17.8 Å². The molecule has 0 amide bonds. The first-order valence-electron chi connectivity index (χ1n) is 4.75. The van der Waals surface area contributed by atoms with Gasteiger partial charge in [0, 0.05) is 0 Å². The molecule has 0 radical (unpaired) electrons. The van der Waals surface area contributed by atoms with Gasteiger partial charge in [-0.2, -0.15) is 0 Å². The maximum absolute atomic E-state index is 9.43. The van der Waals surface area contributed by atoms with Gasteiger partial charge in [0.25, 0.3) is 0 Å². The molecule has 72 valence electrons. The summed E-state index contributed by atoms with van der Waals surface area (Å²) in [5, 5.41) is 9.43. The zero-order valence-electron chi connectivity index (χ0n) is 7.82. The van der Waals surface area contributed by atoms with E-state index in [1.807, 2.05) is 18.2 Å². The number of aliphatic hydroxyl groups excluding tert-OH is 1. The molecule has 1 aromatic carbocycles. The lowest BCUT2D eigenvalue weighted by molar-refractivity contribution is 0.157. The zero-order valence-corrected chi connectivity index (χ0v) is 7.82. The molecule has 13 heavy (non-hydrogen) atoms. The lowest BCUT2D eigenvalue weighted by Gasteiger charge is -2.08. The molecule has 0 unspecified atom stereocenters. The third-order valence-corrected chi connectivity index (χ3v) is 2.11. The fourth-order valence-electron chi connectivity index (χ4n) is 1.31. The molecule has 0 saturated carbocycles. The molecule has 1 rings (SSSR count). The first-order chi connectivity index (χ1) is 6.33. The van der Waals surface area contributed by atoms with Gasteiger partial charge < -0.3 is 10.8 Å². The quantitative estimate of drug-likeness (QED) is 0.716. The summed E-state index contributed by atoms with van der Waals surface area (Å²) < 4.78 is 0. The number of nitrogens with two attached hydrogens (primary N) is 1. The van der Waals surface area contributed by atoms with Crippen LogP contribution < -0.4 is 5.73 Å². The molecule has 2 nitrogen and oxygen atoms in total. The number of benzene rings is 1. The van der Waals surface area contributed by atoms with Crippen LogP contribution in [0.25, 0.3) is 0 Å². The molecule has 0 aliphatic carbocycles. The Balaban J connectivity index is 2.27. The predicted octanol–water partition coefficient (Wildman–Crippen LogP) is 1.33. The van der Waals surface area contributed by atoms with Crippen molar-refractivity contribution in [3.05, 3.63) is 35.9 Å². The minimum atomic E-state index is -0.245. The summed E-state index contributed by atoms with van der Waals surface area (Å²) >= 11 is 0. The minimum Gasteiger partial charge on any atom is -0.393 e. The van der Waals surface area contributed by atoms with Gasteiger partial charge in [-0.3, -0.25) is 0 Å². The van der Waals surface area contributed by atoms with Crippen molar-refractivity contribution in [3.63, 3.8) is 0 Å². The third-order valence-electron chi connectivity index (χ3n) is 2.11. The minimum absolute atomic E-state index is 0.245. The molecule has 0 aromatic heterocycles. The fraction of sp³-hybridized carbons (Fsp3) is 0.455. The molecule has 3 N–H and O–H groups in total. The van der Waals surface area contributed by atoms with Crippen molar-refractivity contribution in [2.24, 2.45) is 5.73 Å². The van der Waals surface area contributed by atoms with Gasteiger partial charge in [-0.05, 0) is 31.4 Å². The average molecular weight is 179 g/mol. The fourth-order valence-corrected chi connectivity index (χ4v) is 1.31. The van der Waals surface area contributed by atoms with Crippen molar-refractivity contribution in [1.29, 1.82) is 0 Å². The van der Waals surface area contributed by atoms with E-state index in [1.54, 1.807) is 0 Å². The highest BCUT2D eigenvalue weighted by atomic mass is 16.3. The Hall–Kier alpha value is -0.860. The van der Waals surface area contributed by atoms with E-state index in [0.717, 1.165) is 12.8 Å². The van der Waals surface area contributed by atoms with Gasteiger partial charge in [-0.25, -0.2) is 0 Å². The highest BCUT2D eigenvalue weighted by Gasteiger charge is 2.02. The number of rotatable bonds is 5. The van der Waals surface area contributed by atoms with Crippen molar-refractivity contribution in [1.82, 2.24) is 0 Å². The van der Waals surface area contributed by atoms with E-state index in [4.69, 9.17) is 5.73 Å². The summed E-state index contributed by atoms with van der Waals surface area (Å²) in [6.45, 7) is 0.565. The largest absolute Gasteiger partial charge is 0.393 e. The Labute approximate surface area is 79.4 Å². The van der Waals surface area contributed by atoms with Crippen LogP contribution in [0.4, 0.5) is 0 Å². The molecule has 0 fully saturated rings. The highest BCUT2D eigenvalue weighted by Crippen LogP contribution is 2.06. The lowest BCUT2D eigenvalue weighted by Crippen LogP contribution is -2.13. The van der Waals surface area contributed by atoms with Crippen molar-refractivity contribution in [2.75, 3.05) is 6.54 Å². The van der Waals surface area contributed by atoms with Crippen LogP contribution >= 0.6 is 0 Å². The first kappa shape index (κ1) is 10.2. The van der Waals surface area contributed by atoms with E-state index < -0.39 is 0 Å². The molecule has 0 aliphatic rings. The van der Waals surface area contributed by atoms with Crippen molar-refractivity contribution in [3.8, 4) is 0 Å². The smallest absolute Gasteiger partial charge is 0.0555 e. The zero-order chi connectivity index (χ0) is 9.52. The molecule has 0 saturated heterocycles. The van der Waals surface area contributed by atoms with Crippen molar-refractivity contribution < 1.29 is 5.11 Å². The molecule has 1 aromatic rings. The van der Waals surface area contributed by atoms with Crippen LogP contribution in [0.3, 0.4) is 0 Å². The molecule has 0 spiro atoms. The maximum Gasteiger partial charge on any atom is 0.0555 e. The number of hydrogen-bond acceptors (Lipinski definition) is 2. The predicted molar refractivity (Wildman–Crippen MR) is 54.4 cm³/mol. The summed E-state index contributed by atoms with van der Waals surface area (Å²) in [6, 6.07) is 10.2. The van der Waals surface area contributed by atoms with Crippen LogP contribution in [0.5, 0.6) is 0 Å². The molecule has 1 atom stereocenters. The van der Waals surface area contributed by atoms with Gasteiger partial charge >= 0.3 is 0 Å². The normalized spacial score (nSPS) is 12.8. The van der Waals surface area contributed by atoms with Gasteiger partial charge in [0.2, 0.25) is 0 Å². The topological polar surface area (TPSA) is 46.2 Å². The van der Waals surface area contributed by atoms with E-state index in [-0.39, 0.29) is 6.10 Å². The standard InChI is InChI=1S/C11H17NO/c12-9-8-11(13)7-6-10-4-2-1-3-5-10/h1-5,11,13H,6-9,12H2/t11-/m1/s1. The number of aliphatic hydroxyl groups is 1. The average Bonchev–Trinajstić information content (AvgIpc) is 2.17. The van der Waals surface area contributed by atoms with Gasteiger partial charge in [-0.15, -0.1) is 0 Å². The van der Waals surface area contributed by atoms with Gasteiger partial charge in [0.05, 0.1) is 6.10 Å². The van der Waals surface area contributed by atoms with Crippen LogP contribution in [-0.2, 0) is 6.42 Å².